The van der Waals surface area contributed by atoms with E-state index in [1.165, 1.54) is 7.11 Å². The smallest absolute Gasteiger partial charge is 0.337 e. The Morgan fingerprint density at radius 2 is 1.69 bits per heavy atom. The summed E-state index contributed by atoms with van der Waals surface area (Å²) in [6.45, 7) is 0. The number of carbonyl (C=O) groups is 3. The summed E-state index contributed by atoms with van der Waals surface area (Å²) in [5, 5.41) is 2.93. The Bertz CT molecular complexity index is 1100. The SMILES string of the molecule is COC(=O)c1ccc(C2CC(=O)NC3=C2C(=O)CC(c2cc(OC)ccc2OC)C3)cc1. The van der Waals surface area contributed by atoms with E-state index in [1.54, 1.807) is 38.5 Å². The van der Waals surface area contributed by atoms with Crippen LogP contribution in [0.1, 0.15) is 52.6 Å². The fourth-order valence-electron chi connectivity index (χ4n) is 4.59. The number of amides is 1. The molecule has 0 spiro atoms. The van der Waals surface area contributed by atoms with Gasteiger partial charge in [-0.15, -0.1) is 0 Å². The summed E-state index contributed by atoms with van der Waals surface area (Å²) in [6, 6.07) is 12.4. The number of hydrogen-bond donors (Lipinski definition) is 1. The van der Waals surface area contributed by atoms with Crippen LogP contribution in [-0.4, -0.2) is 39.0 Å². The first kappa shape index (κ1) is 21.6. The molecule has 1 aliphatic heterocycles. The third kappa shape index (κ3) is 3.98. The maximum Gasteiger partial charge on any atom is 0.337 e. The molecular formula is C25H25NO6. The minimum Gasteiger partial charge on any atom is -0.497 e. The van der Waals surface area contributed by atoms with Gasteiger partial charge in [0.15, 0.2) is 5.78 Å². The normalized spacial score (nSPS) is 20.3. The van der Waals surface area contributed by atoms with Crippen molar-refractivity contribution in [3.63, 3.8) is 0 Å². The van der Waals surface area contributed by atoms with Crippen molar-refractivity contribution in [3.05, 3.63) is 70.4 Å². The summed E-state index contributed by atoms with van der Waals surface area (Å²) < 4.78 is 15.6. The van der Waals surface area contributed by atoms with E-state index in [1.807, 2.05) is 18.2 Å². The fourth-order valence-corrected chi connectivity index (χ4v) is 4.59. The van der Waals surface area contributed by atoms with Crippen molar-refractivity contribution >= 4 is 17.7 Å². The number of methoxy groups -OCH3 is 3. The summed E-state index contributed by atoms with van der Waals surface area (Å²) in [4.78, 5) is 37.6. The summed E-state index contributed by atoms with van der Waals surface area (Å²) in [5.41, 5.74) is 3.44. The van der Waals surface area contributed by atoms with E-state index in [-0.39, 0.29) is 29.9 Å². The Morgan fingerprint density at radius 3 is 2.34 bits per heavy atom. The lowest BCUT2D eigenvalue weighted by Gasteiger charge is -2.35. The molecule has 4 rings (SSSR count). The molecule has 0 saturated carbocycles. The number of rotatable bonds is 5. The standard InChI is InChI=1S/C25H25NO6/c1-30-17-8-9-22(31-2)18(12-17)16-10-20-24(21(27)11-16)19(13-23(28)26-20)14-4-6-15(7-5-14)25(29)32-3/h4-9,12,16,19H,10-11,13H2,1-3H3,(H,26,28). The lowest BCUT2D eigenvalue weighted by molar-refractivity contribution is -0.122. The highest BCUT2D eigenvalue weighted by Gasteiger charge is 2.39. The Hall–Kier alpha value is -3.61. The minimum absolute atomic E-state index is 0.00293. The van der Waals surface area contributed by atoms with Crippen LogP contribution in [0.5, 0.6) is 11.5 Å². The zero-order valence-corrected chi connectivity index (χ0v) is 18.3. The lowest BCUT2D eigenvalue weighted by Crippen LogP contribution is -2.38. The van der Waals surface area contributed by atoms with Crippen LogP contribution in [0.15, 0.2) is 53.7 Å². The largest absolute Gasteiger partial charge is 0.497 e. The van der Waals surface area contributed by atoms with Crippen molar-refractivity contribution in [3.8, 4) is 11.5 Å². The molecule has 0 bridgehead atoms. The first-order valence-corrected chi connectivity index (χ1v) is 10.4. The van der Waals surface area contributed by atoms with Crippen LogP contribution in [0, 0.1) is 0 Å². The number of ketones is 1. The summed E-state index contributed by atoms with van der Waals surface area (Å²) >= 11 is 0. The highest BCUT2D eigenvalue weighted by molar-refractivity contribution is 6.02. The van der Waals surface area contributed by atoms with Crippen LogP contribution >= 0.6 is 0 Å². The maximum absolute atomic E-state index is 13.3. The van der Waals surface area contributed by atoms with E-state index < -0.39 is 5.97 Å². The van der Waals surface area contributed by atoms with Crippen molar-refractivity contribution in [1.29, 1.82) is 0 Å². The van der Waals surface area contributed by atoms with Crippen LogP contribution in [0.2, 0.25) is 0 Å². The molecule has 2 aromatic rings. The van der Waals surface area contributed by atoms with Crippen LogP contribution in [0.3, 0.4) is 0 Å². The molecule has 0 saturated heterocycles. The fraction of sp³-hybridized carbons (Fsp3) is 0.320. The summed E-state index contributed by atoms with van der Waals surface area (Å²) in [7, 11) is 4.51. The molecule has 166 valence electrons. The van der Waals surface area contributed by atoms with Gasteiger partial charge in [-0.25, -0.2) is 4.79 Å². The van der Waals surface area contributed by atoms with Crippen molar-refractivity contribution in [2.45, 2.75) is 31.1 Å². The highest BCUT2D eigenvalue weighted by Crippen LogP contribution is 2.45. The molecule has 0 fully saturated rings. The number of ether oxygens (including phenoxy) is 3. The minimum atomic E-state index is -0.429. The molecule has 32 heavy (non-hydrogen) atoms. The van der Waals surface area contributed by atoms with Gasteiger partial charge in [-0.05, 0) is 42.3 Å². The van der Waals surface area contributed by atoms with E-state index in [2.05, 4.69) is 5.32 Å². The Morgan fingerprint density at radius 1 is 0.938 bits per heavy atom. The molecule has 2 aromatic carbocycles. The van der Waals surface area contributed by atoms with E-state index in [4.69, 9.17) is 14.2 Å². The second-order valence-electron chi connectivity index (χ2n) is 7.95. The first-order valence-electron chi connectivity index (χ1n) is 10.4. The molecular weight excluding hydrogens is 410 g/mol. The van der Waals surface area contributed by atoms with Gasteiger partial charge >= 0.3 is 5.97 Å². The molecule has 2 aliphatic rings. The molecule has 1 heterocycles. The quantitative estimate of drug-likeness (QED) is 0.723. The Kier molecular flexibility index (Phi) is 5.99. The Balaban J connectivity index is 1.69. The number of benzene rings is 2. The molecule has 7 heteroatoms. The van der Waals surface area contributed by atoms with Gasteiger partial charge in [-0.3, -0.25) is 9.59 Å². The Labute approximate surface area is 186 Å². The lowest BCUT2D eigenvalue weighted by atomic mass is 9.73. The van der Waals surface area contributed by atoms with E-state index in [9.17, 15) is 14.4 Å². The third-order valence-electron chi connectivity index (χ3n) is 6.15. The maximum atomic E-state index is 13.3. The second kappa shape index (κ2) is 8.86. The number of esters is 1. The first-order chi connectivity index (χ1) is 15.4. The number of Topliss-reactive ketones (excluding diaryl/α,β-unsaturated/α-hetero) is 1. The molecule has 2 unspecified atom stereocenters. The average molecular weight is 435 g/mol. The molecule has 1 N–H and O–H groups in total. The average Bonchev–Trinajstić information content (AvgIpc) is 2.82. The predicted octanol–water partition coefficient (Wildman–Crippen LogP) is 3.49. The zero-order chi connectivity index (χ0) is 22.8. The van der Waals surface area contributed by atoms with Crippen LogP contribution < -0.4 is 14.8 Å². The molecule has 2 atom stereocenters. The molecule has 0 aromatic heterocycles. The van der Waals surface area contributed by atoms with Gasteiger partial charge in [0.1, 0.15) is 11.5 Å². The van der Waals surface area contributed by atoms with Gasteiger partial charge in [-0.1, -0.05) is 12.1 Å². The van der Waals surface area contributed by atoms with Gasteiger partial charge < -0.3 is 19.5 Å². The van der Waals surface area contributed by atoms with E-state index in [0.717, 1.165) is 11.1 Å². The van der Waals surface area contributed by atoms with Crippen LogP contribution in [0.25, 0.3) is 0 Å². The van der Waals surface area contributed by atoms with Gasteiger partial charge in [-0.2, -0.15) is 0 Å². The monoisotopic (exact) mass is 435 g/mol. The van der Waals surface area contributed by atoms with Crippen molar-refractivity contribution in [2.75, 3.05) is 21.3 Å². The van der Waals surface area contributed by atoms with Crippen molar-refractivity contribution in [2.24, 2.45) is 0 Å². The van der Waals surface area contributed by atoms with E-state index >= 15 is 0 Å². The van der Waals surface area contributed by atoms with Crippen molar-refractivity contribution in [1.82, 2.24) is 5.32 Å². The van der Waals surface area contributed by atoms with Gasteiger partial charge in [0, 0.05) is 41.5 Å². The van der Waals surface area contributed by atoms with Gasteiger partial charge in [0.05, 0.1) is 26.9 Å². The molecule has 1 aliphatic carbocycles. The second-order valence-corrected chi connectivity index (χ2v) is 7.95. The predicted molar refractivity (Wildman–Crippen MR) is 117 cm³/mol. The third-order valence-corrected chi connectivity index (χ3v) is 6.15. The number of hydrogen-bond acceptors (Lipinski definition) is 6. The van der Waals surface area contributed by atoms with E-state index in [0.29, 0.717) is 41.2 Å². The highest BCUT2D eigenvalue weighted by atomic mass is 16.5. The van der Waals surface area contributed by atoms with Crippen LogP contribution in [-0.2, 0) is 14.3 Å². The zero-order valence-electron chi connectivity index (χ0n) is 18.3. The molecule has 1 amide bonds. The number of allylic oxidation sites excluding steroid dienone is 2. The summed E-state index contributed by atoms with van der Waals surface area (Å²) in [5.74, 6) is 0.342. The summed E-state index contributed by atoms with van der Waals surface area (Å²) in [6.07, 6.45) is 1.03. The van der Waals surface area contributed by atoms with Crippen LogP contribution in [0.4, 0.5) is 0 Å². The van der Waals surface area contributed by atoms with Crippen molar-refractivity contribution < 1.29 is 28.6 Å². The van der Waals surface area contributed by atoms with Gasteiger partial charge in [0.2, 0.25) is 5.91 Å². The number of carbonyl (C=O) groups excluding carboxylic acids is 3. The topological polar surface area (TPSA) is 90.9 Å². The number of nitrogens with one attached hydrogen (secondary N) is 1. The molecule has 7 nitrogen and oxygen atoms in total. The van der Waals surface area contributed by atoms with Gasteiger partial charge in [0.25, 0.3) is 0 Å². The molecule has 0 radical (unpaired) electrons.